The zero-order valence-corrected chi connectivity index (χ0v) is 19.1. The standard InChI is InChI=1S/C22H24FN3O6S/c1-11-4-6-16(23)19(12(11)2)13(3)20(21(24)32-22(25)28)26-33(29,30)14-5-7-18-15(10-14)17(27)8-9-31-18/h4-7,10,13,20,24,26H,8-9H2,1-3H3,(H2,25,28). The molecule has 33 heavy (non-hydrogen) atoms. The van der Waals surface area contributed by atoms with Gasteiger partial charge >= 0.3 is 6.09 Å². The molecule has 4 N–H and O–H groups in total. The molecule has 1 amide bonds. The number of amides is 1. The van der Waals surface area contributed by atoms with E-state index in [4.69, 9.17) is 15.9 Å². The van der Waals surface area contributed by atoms with Gasteiger partial charge in [-0.15, -0.1) is 0 Å². The molecule has 2 unspecified atom stereocenters. The zero-order valence-electron chi connectivity index (χ0n) is 18.3. The number of halogens is 1. The fourth-order valence-corrected chi connectivity index (χ4v) is 5.03. The number of aryl methyl sites for hydroxylation is 1. The van der Waals surface area contributed by atoms with Gasteiger partial charge in [0, 0.05) is 12.3 Å². The molecule has 9 nitrogen and oxygen atoms in total. The molecule has 1 aliphatic rings. The molecule has 2 aromatic carbocycles. The van der Waals surface area contributed by atoms with Gasteiger partial charge in [0.05, 0.1) is 17.1 Å². The van der Waals surface area contributed by atoms with Crippen LogP contribution < -0.4 is 15.2 Å². The SMILES string of the molecule is Cc1ccc(F)c(C(C)C(NS(=O)(=O)c2ccc3c(c2)C(=O)CCO3)C(=N)OC(N)=O)c1C. The van der Waals surface area contributed by atoms with Crippen LogP contribution in [-0.2, 0) is 14.8 Å². The molecule has 0 bridgehead atoms. The Balaban J connectivity index is 2.03. The average Bonchev–Trinajstić information content (AvgIpc) is 2.74. The predicted octanol–water partition coefficient (Wildman–Crippen LogP) is 2.93. The van der Waals surface area contributed by atoms with Gasteiger partial charge in [-0.3, -0.25) is 10.2 Å². The molecular weight excluding hydrogens is 453 g/mol. The number of carbonyl (C=O) groups excluding carboxylic acids is 2. The zero-order chi connectivity index (χ0) is 24.5. The van der Waals surface area contributed by atoms with Crippen molar-refractivity contribution in [3.63, 3.8) is 0 Å². The molecule has 0 aliphatic carbocycles. The van der Waals surface area contributed by atoms with Crippen LogP contribution in [0.5, 0.6) is 5.75 Å². The Kier molecular flexibility index (Phi) is 6.84. The van der Waals surface area contributed by atoms with Crippen molar-refractivity contribution in [1.29, 1.82) is 5.41 Å². The van der Waals surface area contributed by atoms with Crippen LogP contribution in [0.1, 0.15) is 46.3 Å². The third-order valence-corrected chi connectivity index (χ3v) is 7.05. The topological polar surface area (TPSA) is 149 Å². The molecule has 176 valence electrons. The van der Waals surface area contributed by atoms with E-state index in [-0.39, 0.29) is 40.6 Å². The highest BCUT2D eigenvalue weighted by atomic mass is 32.2. The lowest BCUT2D eigenvalue weighted by Gasteiger charge is -2.27. The Labute approximate surface area is 190 Å². The molecule has 3 rings (SSSR count). The second kappa shape index (κ2) is 9.28. The van der Waals surface area contributed by atoms with E-state index in [0.29, 0.717) is 5.56 Å². The molecule has 2 atom stereocenters. The van der Waals surface area contributed by atoms with E-state index in [2.05, 4.69) is 9.46 Å². The highest BCUT2D eigenvalue weighted by Crippen LogP contribution is 2.31. The summed E-state index contributed by atoms with van der Waals surface area (Å²) in [5.41, 5.74) is 6.62. The maximum Gasteiger partial charge on any atom is 0.411 e. The van der Waals surface area contributed by atoms with Gasteiger partial charge in [0.15, 0.2) is 5.78 Å². The van der Waals surface area contributed by atoms with Crippen molar-refractivity contribution in [2.24, 2.45) is 5.73 Å². The van der Waals surface area contributed by atoms with Gasteiger partial charge in [0.1, 0.15) is 17.6 Å². The number of rotatable bonds is 6. The highest BCUT2D eigenvalue weighted by Gasteiger charge is 2.34. The second-order valence-corrected chi connectivity index (χ2v) is 9.47. The number of nitrogens with two attached hydrogens (primary N) is 1. The molecule has 0 saturated carbocycles. The smallest absolute Gasteiger partial charge is 0.411 e. The van der Waals surface area contributed by atoms with Crippen LogP contribution in [0.3, 0.4) is 0 Å². The van der Waals surface area contributed by atoms with Crippen LogP contribution in [-0.4, -0.2) is 38.8 Å². The van der Waals surface area contributed by atoms with Crippen LogP contribution in [0.25, 0.3) is 0 Å². The van der Waals surface area contributed by atoms with Crippen LogP contribution in [0.15, 0.2) is 35.2 Å². The van der Waals surface area contributed by atoms with E-state index < -0.39 is 39.8 Å². The van der Waals surface area contributed by atoms with Gasteiger partial charge < -0.3 is 15.2 Å². The largest absolute Gasteiger partial charge is 0.492 e. The minimum absolute atomic E-state index is 0.118. The maximum absolute atomic E-state index is 14.7. The number of nitrogens with one attached hydrogen (secondary N) is 2. The molecule has 0 fully saturated rings. The van der Waals surface area contributed by atoms with Gasteiger partial charge in [0.2, 0.25) is 15.9 Å². The van der Waals surface area contributed by atoms with Crippen LogP contribution >= 0.6 is 0 Å². The molecule has 0 saturated heterocycles. The monoisotopic (exact) mass is 477 g/mol. The average molecular weight is 478 g/mol. The number of hydrogen-bond acceptors (Lipinski definition) is 7. The Bertz CT molecular complexity index is 1240. The molecule has 0 radical (unpaired) electrons. The summed E-state index contributed by atoms with van der Waals surface area (Å²) in [5, 5.41) is 8.13. The third-order valence-electron chi connectivity index (χ3n) is 5.61. The molecule has 1 heterocycles. The van der Waals surface area contributed by atoms with Crippen LogP contribution in [0.2, 0.25) is 0 Å². The van der Waals surface area contributed by atoms with E-state index in [9.17, 15) is 22.4 Å². The summed E-state index contributed by atoms with van der Waals surface area (Å²) < 4.78 is 53.4. The number of carbonyl (C=O) groups is 2. The minimum Gasteiger partial charge on any atom is -0.492 e. The number of ketones is 1. The fourth-order valence-electron chi connectivity index (χ4n) is 3.73. The van der Waals surface area contributed by atoms with E-state index in [1.54, 1.807) is 19.9 Å². The second-order valence-electron chi connectivity index (χ2n) is 7.76. The van der Waals surface area contributed by atoms with Crippen LogP contribution in [0, 0.1) is 25.1 Å². The third kappa shape index (κ3) is 5.04. The van der Waals surface area contributed by atoms with Gasteiger partial charge in [-0.25, -0.2) is 17.6 Å². The maximum atomic E-state index is 14.7. The lowest BCUT2D eigenvalue weighted by Crippen LogP contribution is -2.46. The number of Topliss-reactive ketones (excluding diaryl/α,β-unsaturated/α-hetero) is 1. The number of sulfonamides is 1. The van der Waals surface area contributed by atoms with E-state index in [1.807, 2.05) is 0 Å². The Morgan fingerprint density at radius 2 is 1.97 bits per heavy atom. The highest BCUT2D eigenvalue weighted by molar-refractivity contribution is 7.89. The number of ether oxygens (including phenoxy) is 2. The van der Waals surface area contributed by atoms with Gasteiger partial charge in [-0.2, -0.15) is 4.72 Å². The Hall–Kier alpha value is -3.31. The Morgan fingerprint density at radius 1 is 1.27 bits per heavy atom. The van der Waals surface area contributed by atoms with Gasteiger partial charge in [0.25, 0.3) is 0 Å². The minimum atomic E-state index is -4.34. The first kappa shape index (κ1) is 24.3. The summed E-state index contributed by atoms with van der Waals surface area (Å²) in [6.07, 6.45) is -1.19. The van der Waals surface area contributed by atoms with Gasteiger partial charge in [-0.05, 0) is 54.8 Å². The molecule has 11 heteroatoms. The Morgan fingerprint density at radius 3 is 2.64 bits per heavy atom. The summed E-state index contributed by atoms with van der Waals surface area (Å²) in [4.78, 5) is 23.2. The number of benzene rings is 2. The number of hydrogen-bond donors (Lipinski definition) is 3. The van der Waals surface area contributed by atoms with Crippen molar-refractivity contribution in [1.82, 2.24) is 4.72 Å². The lowest BCUT2D eigenvalue weighted by molar-refractivity contribution is 0.0933. The number of fused-ring (bicyclic) bond motifs is 1. The van der Waals surface area contributed by atoms with Crippen molar-refractivity contribution >= 4 is 27.8 Å². The van der Waals surface area contributed by atoms with Crippen molar-refractivity contribution in [3.8, 4) is 5.75 Å². The molecule has 1 aliphatic heterocycles. The fraction of sp³-hybridized carbons (Fsp3) is 0.318. The summed E-state index contributed by atoms with van der Waals surface area (Å²) in [6, 6.07) is 5.15. The van der Waals surface area contributed by atoms with Crippen molar-refractivity contribution in [2.75, 3.05) is 6.61 Å². The number of primary amides is 1. The van der Waals surface area contributed by atoms with E-state index >= 15 is 0 Å². The lowest BCUT2D eigenvalue weighted by atomic mass is 9.88. The van der Waals surface area contributed by atoms with E-state index in [1.165, 1.54) is 31.2 Å². The summed E-state index contributed by atoms with van der Waals surface area (Å²) in [6.45, 7) is 5.14. The van der Waals surface area contributed by atoms with Crippen molar-refractivity contribution in [3.05, 3.63) is 58.4 Å². The van der Waals surface area contributed by atoms with Crippen LogP contribution in [0.4, 0.5) is 9.18 Å². The predicted molar refractivity (Wildman–Crippen MR) is 118 cm³/mol. The van der Waals surface area contributed by atoms with Crippen molar-refractivity contribution < 1.29 is 31.9 Å². The normalized spacial score (nSPS) is 15.2. The molecule has 2 aromatic rings. The first-order valence-corrected chi connectivity index (χ1v) is 11.5. The first-order valence-electron chi connectivity index (χ1n) is 10.1. The molecule has 0 spiro atoms. The molecule has 0 aromatic heterocycles. The van der Waals surface area contributed by atoms with Crippen molar-refractivity contribution in [2.45, 2.75) is 44.0 Å². The summed E-state index contributed by atoms with van der Waals surface area (Å²) >= 11 is 0. The first-order chi connectivity index (χ1) is 15.4. The summed E-state index contributed by atoms with van der Waals surface area (Å²) in [7, 11) is -4.34. The van der Waals surface area contributed by atoms with E-state index in [0.717, 1.165) is 5.56 Å². The van der Waals surface area contributed by atoms with Gasteiger partial charge in [-0.1, -0.05) is 13.0 Å². The quantitative estimate of drug-likeness (QED) is 0.430. The summed E-state index contributed by atoms with van der Waals surface area (Å²) in [5.74, 6) is -2.33. The molecular formula is C22H24FN3O6S.